The van der Waals surface area contributed by atoms with Gasteiger partial charge in [-0.1, -0.05) is 24.3 Å². The number of aromatic nitrogens is 1. The van der Waals surface area contributed by atoms with E-state index in [1.165, 1.54) is 12.1 Å². The van der Waals surface area contributed by atoms with Crippen molar-refractivity contribution < 1.29 is 14.4 Å². The molecule has 0 radical (unpaired) electrons. The summed E-state index contributed by atoms with van der Waals surface area (Å²) in [5.41, 5.74) is 5.06. The highest BCUT2D eigenvalue weighted by molar-refractivity contribution is 8.93. The van der Waals surface area contributed by atoms with E-state index in [4.69, 9.17) is 14.5 Å². The second kappa shape index (κ2) is 11.8. The highest BCUT2D eigenvalue weighted by Crippen LogP contribution is 2.29. The average Bonchev–Trinajstić information content (AvgIpc) is 3.26. The van der Waals surface area contributed by atoms with Crippen LogP contribution < -0.4 is 14.3 Å². The number of methoxy groups -OCH3 is 2. The van der Waals surface area contributed by atoms with E-state index >= 15 is 0 Å². The fourth-order valence-corrected chi connectivity index (χ4v) is 4.64. The van der Waals surface area contributed by atoms with Crippen LogP contribution in [0, 0.1) is 17.0 Å². The zero-order chi connectivity index (χ0) is 24.1. The van der Waals surface area contributed by atoms with Gasteiger partial charge >= 0.3 is 0 Å². The van der Waals surface area contributed by atoms with Crippen molar-refractivity contribution in [1.82, 2.24) is 4.57 Å². The molecule has 35 heavy (non-hydrogen) atoms. The van der Waals surface area contributed by atoms with E-state index in [2.05, 4.69) is 4.57 Å². The Balaban J connectivity index is 0.00000342. The lowest BCUT2D eigenvalue weighted by Crippen LogP contribution is -2.17. The van der Waals surface area contributed by atoms with Crippen LogP contribution in [0.25, 0.3) is 11.3 Å². The SMILES string of the molecule is Br.COc1ccc(CCn2c(-c3ccc([N+](=O)[O-])cc3)csc2=Nc2ccccc2C)cc1OC. The summed E-state index contributed by atoms with van der Waals surface area (Å²) in [4.78, 5) is 16.5. The number of hydrogen-bond donors (Lipinski definition) is 0. The van der Waals surface area contributed by atoms with E-state index in [9.17, 15) is 10.1 Å². The molecule has 0 aliphatic rings. The molecule has 0 aliphatic carbocycles. The Morgan fingerprint density at radius 2 is 1.71 bits per heavy atom. The molecule has 1 aromatic heterocycles. The molecular weight excluding hydrogens is 530 g/mol. The van der Waals surface area contributed by atoms with Crippen LogP contribution in [0.15, 0.2) is 77.1 Å². The maximum absolute atomic E-state index is 11.1. The third-order valence-electron chi connectivity index (χ3n) is 5.58. The lowest BCUT2D eigenvalue weighted by atomic mass is 10.1. The summed E-state index contributed by atoms with van der Waals surface area (Å²) in [5, 5.41) is 13.1. The third kappa shape index (κ3) is 5.98. The van der Waals surface area contributed by atoms with Gasteiger partial charge in [-0.2, -0.15) is 0 Å². The predicted molar refractivity (Wildman–Crippen MR) is 144 cm³/mol. The second-order valence-corrected chi connectivity index (χ2v) is 8.53. The van der Waals surface area contributed by atoms with Crippen molar-refractivity contribution in [1.29, 1.82) is 0 Å². The number of nitro groups is 1. The first kappa shape index (κ1) is 26.2. The molecule has 0 amide bonds. The predicted octanol–water partition coefficient (Wildman–Crippen LogP) is 6.50. The van der Waals surface area contributed by atoms with Gasteiger partial charge in [0.15, 0.2) is 16.3 Å². The standard InChI is InChI=1S/C26H25N3O4S.BrH/c1-18-6-4-5-7-22(18)27-26-28(15-14-19-8-13-24(32-2)25(16-19)33-3)23(17-34-26)20-9-11-21(12-10-20)29(30)31;/h4-13,16-17H,14-15H2,1-3H3;1H. The number of benzene rings is 3. The molecule has 0 N–H and O–H groups in total. The van der Waals surface area contributed by atoms with E-state index in [0.29, 0.717) is 18.0 Å². The van der Waals surface area contributed by atoms with Gasteiger partial charge in [-0.3, -0.25) is 10.1 Å². The molecule has 0 fully saturated rings. The van der Waals surface area contributed by atoms with Crippen molar-refractivity contribution in [2.24, 2.45) is 4.99 Å². The molecule has 7 nitrogen and oxygen atoms in total. The number of rotatable bonds is 8. The van der Waals surface area contributed by atoms with Crippen molar-refractivity contribution in [2.45, 2.75) is 19.9 Å². The normalized spacial score (nSPS) is 11.1. The van der Waals surface area contributed by atoms with Gasteiger partial charge in [-0.15, -0.1) is 28.3 Å². The van der Waals surface area contributed by atoms with Crippen molar-refractivity contribution in [3.05, 3.63) is 98.2 Å². The van der Waals surface area contributed by atoms with Crippen LogP contribution >= 0.6 is 28.3 Å². The van der Waals surface area contributed by atoms with Gasteiger partial charge in [0.05, 0.1) is 30.5 Å². The number of thiazole rings is 1. The van der Waals surface area contributed by atoms with Gasteiger partial charge in [0.1, 0.15) is 0 Å². The highest BCUT2D eigenvalue weighted by atomic mass is 79.9. The minimum atomic E-state index is -0.387. The number of ether oxygens (including phenoxy) is 2. The smallest absolute Gasteiger partial charge is 0.269 e. The number of para-hydroxylation sites is 1. The molecule has 0 aliphatic heterocycles. The van der Waals surface area contributed by atoms with Crippen LogP contribution in [-0.2, 0) is 13.0 Å². The van der Waals surface area contributed by atoms with Crippen LogP contribution in [0.4, 0.5) is 11.4 Å². The summed E-state index contributed by atoms with van der Waals surface area (Å²) >= 11 is 1.55. The molecule has 1 heterocycles. The maximum atomic E-state index is 11.1. The van der Waals surface area contributed by atoms with Crippen molar-refractivity contribution in [2.75, 3.05) is 14.2 Å². The summed E-state index contributed by atoms with van der Waals surface area (Å²) in [6.45, 7) is 2.72. The number of aryl methyl sites for hydroxylation is 2. The molecule has 4 aromatic rings. The second-order valence-electron chi connectivity index (χ2n) is 7.70. The molecule has 0 saturated heterocycles. The van der Waals surface area contributed by atoms with E-state index in [-0.39, 0.29) is 27.6 Å². The zero-order valence-electron chi connectivity index (χ0n) is 19.6. The van der Waals surface area contributed by atoms with Crippen LogP contribution in [-0.4, -0.2) is 23.7 Å². The van der Waals surface area contributed by atoms with Gasteiger partial charge in [0, 0.05) is 24.1 Å². The van der Waals surface area contributed by atoms with Gasteiger partial charge in [-0.25, -0.2) is 4.99 Å². The fourth-order valence-electron chi connectivity index (χ4n) is 3.69. The van der Waals surface area contributed by atoms with Gasteiger partial charge in [-0.05, 0) is 60.4 Å². The van der Waals surface area contributed by atoms with Gasteiger partial charge in [0.2, 0.25) is 0 Å². The van der Waals surface area contributed by atoms with E-state index in [0.717, 1.165) is 39.3 Å². The zero-order valence-corrected chi connectivity index (χ0v) is 22.2. The topological polar surface area (TPSA) is 78.9 Å². The molecule has 4 rings (SSSR count). The Labute approximate surface area is 218 Å². The third-order valence-corrected chi connectivity index (χ3v) is 6.44. The molecule has 9 heteroatoms. The molecule has 0 saturated carbocycles. The first-order chi connectivity index (χ1) is 16.5. The van der Waals surface area contributed by atoms with Crippen molar-refractivity contribution in [3.63, 3.8) is 0 Å². The van der Waals surface area contributed by atoms with Crippen LogP contribution in [0.1, 0.15) is 11.1 Å². The molecular formula is C26H26BrN3O4S. The molecule has 182 valence electrons. The van der Waals surface area contributed by atoms with Gasteiger partial charge in [0.25, 0.3) is 5.69 Å². The maximum Gasteiger partial charge on any atom is 0.269 e. The summed E-state index contributed by atoms with van der Waals surface area (Å²) in [6.07, 6.45) is 0.748. The minimum absolute atomic E-state index is 0. The lowest BCUT2D eigenvalue weighted by molar-refractivity contribution is -0.384. The van der Waals surface area contributed by atoms with Crippen molar-refractivity contribution in [3.8, 4) is 22.8 Å². The largest absolute Gasteiger partial charge is 0.493 e. The monoisotopic (exact) mass is 555 g/mol. The van der Waals surface area contributed by atoms with E-state index < -0.39 is 0 Å². The molecule has 0 atom stereocenters. The molecule has 0 unspecified atom stereocenters. The Kier molecular flexibility index (Phi) is 8.84. The van der Waals surface area contributed by atoms with Gasteiger partial charge < -0.3 is 14.0 Å². The Bertz CT molecular complexity index is 1380. The quantitative estimate of drug-likeness (QED) is 0.183. The molecule has 0 bridgehead atoms. The first-order valence-electron chi connectivity index (χ1n) is 10.7. The minimum Gasteiger partial charge on any atom is -0.493 e. The van der Waals surface area contributed by atoms with Crippen molar-refractivity contribution >= 4 is 39.7 Å². The van der Waals surface area contributed by atoms with Crippen LogP contribution in [0.5, 0.6) is 11.5 Å². The highest BCUT2D eigenvalue weighted by Gasteiger charge is 2.12. The number of hydrogen-bond acceptors (Lipinski definition) is 6. The lowest BCUT2D eigenvalue weighted by Gasteiger charge is -2.12. The number of halogens is 1. The fraction of sp³-hybridized carbons (Fsp3) is 0.192. The molecule has 3 aromatic carbocycles. The average molecular weight is 556 g/mol. The van der Waals surface area contributed by atoms with Crippen LogP contribution in [0.3, 0.4) is 0 Å². The van der Waals surface area contributed by atoms with E-state index in [1.807, 2.05) is 54.8 Å². The Hall–Kier alpha value is -3.43. The number of non-ortho nitro benzene ring substituents is 1. The first-order valence-corrected chi connectivity index (χ1v) is 11.6. The number of nitro benzene ring substituents is 1. The van der Waals surface area contributed by atoms with Crippen LogP contribution in [0.2, 0.25) is 0 Å². The Morgan fingerprint density at radius 3 is 2.37 bits per heavy atom. The summed E-state index contributed by atoms with van der Waals surface area (Å²) in [7, 11) is 3.25. The summed E-state index contributed by atoms with van der Waals surface area (Å²) in [5.74, 6) is 1.38. The molecule has 0 spiro atoms. The summed E-state index contributed by atoms with van der Waals surface area (Å²) < 4.78 is 13.0. The van der Waals surface area contributed by atoms with E-state index in [1.54, 1.807) is 37.7 Å². The number of nitrogens with zero attached hydrogens (tertiary/aromatic N) is 3. The summed E-state index contributed by atoms with van der Waals surface area (Å²) in [6, 6.07) is 20.6. The Morgan fingerprint density at radius 1 is 1.00 bits per heavy atom.